The summed E-state index contributed by atoms with van der Waals surface area (Å²) in [6, 6.07) is 3.58. The van der Waals surface area contributed by atoms with Crippen LogP contribution in [0.25, 0.3) is 0 Å². The van der Waals surface area contributed by atoms with Gasteiger partial charge in [0.2, 0.25) is 0 Å². The van der Waals surface area contributed by atoms with Crippen molar-refractivity contribution in [1.29, 1.82) is 0 Å². The smallest absolute Gasteiger partial charge is 0.152 e. The summed E-state index contributed by atoms with van der Waals surface area (Å²) in [5.74, 6) is 1.93. The van der Waals surface area contributed by atoms with Gasteiger partial charge in [0, 0.05) is 0 Å². The summed E-state index contributed by atoms with van der Waals surface area (Å²) < 4.78 is 27.6. The summed E-state index contributed by atoms with van der Waals surface area (Å²) in [6.45, 7) is 1.86. The van der Waals surface area contributed by atoms with Crippen molar-refractivity contribution in [2.75, 3.05) is 11.5 Å². The molecule has 0 aromatic carbocycles. The van der Waals surface area contributed by atoms with E-state index in [1.807, 2.05) is 19.1 Å². The molecule has 1 fully saturated rings. The lowest BCUT2D eigenvalue weighted by Gasteiger charge is -1.97. The third-order valence-electron chi connectivity index (χ3n) is 2.38. The minimum atomic E-state index is -2.84. The SMILES string of the molecule is Cc1ccc(C=N[C@@H]2CCS(=O)(=O)C2)o1. The van der Waals surface area contributed by atoms with Crippen LogP contribution < -0.4 is 0 Å². The Morgan fingerprint density at radius 3 is 2.87 bits per heavy atom. The molecule has 15 heavy (non-hydrogen) atoms. The Labute approximate surface area is 88.9 Å². The number of sulfone groups is 1. The standard InChI is InChI=1S/C10H13NO3S/c1-8-2-3-10(14-8)6-11-9-4-5-15(12,13)7-9/h2-3,6,9H,4-5,7H2,1H3/t9-/m1/s1. The average molecular weight is 227 g/mol. The molecular formula is C10H13NO3S. The fourth-order valence-corrected chi connectivity index (χ4v) is 3.23. The summed E-state index contributed by atoms with van der Waals surface area (Å²) in [4.78, 5) is 4.20. The lowest BCUT2D eigenvalue weighted by Crippen LogP contribution is -2.07. The number of aliphatic imine (C=N–C) groups is 1. The van der Waals surface area contributed by atoms with Crippen molar-refractivity contribution >= 4 is 16.1 Å². The van der Waals surface area contributed by atoms with Crippen molar-refractivity contribution in [2.24, 2.45) is 4.99 Å². The lowest BCUT2D eigenvalue weighted by atomic mass is 10.3. The van der Waals surface area contributed by atoms with Crippen LogP contribution in [-0.4, -0.2) is 32.2 Å². The zero-order valence-electron chi connectivity index (χ0n) is 8.51. The van der Waals surface area contributed by atoms with Gasteiger partial charge in [-0.3, -0.25) is 4.99 Å². The highest BCUT2D eigenvalue weighted by atomic mass is 32.2. The number of rotatable bonds is 2. The predicted molar refractivity (Wildman–Crippen MR) is 58.1 cm³/mol. The van der Waals surface area contributed by atoms with Gasteiger partial charge in [0.15, 0.2) is 9.84 Å². The molecular weight excluding hydrogens is 214 g/mol. The van der Waals surface area contributed by atoms with E-state index in [4.69, 9.17) is 4.42 Å². The molecule has 1 saturated heterocycles. The largest absolute Gasteiger partial charge is 0.460 e. The maximum atomic E-state index is 11.2. The second kappa shape index (κ2) is 3.81. The van der Waals surface area contributed by atoms with Crippen molar-refractivity contribution in [2.45, 2.75) is 19.4 Å². The fourth-order valence-electron chi connectivity index (χ4n) is 1.59. The molecule has 4 nitrogen and oxygen atoms in total. The molecule has 5 heteroatoms. The van der Waals surface area contributed by atoms with Crippen LogP contribution in [0.2, 0.25) is 0 Å². The molecule has 0 amide bonds. The Morgan fingerprint density at radius 2 is 2.33 bits per heavy atom. The third-order valence-corrected chi connectivity index (χ3v) is 4.13. The van der Waals surface area contributed by atoms with Crippen LogP contribution in [0.4, 0.5) is 0 Å². The quantitative estimate of drug-likeness (QED) is 0.713. The first kappa shape index (κ1) is 10.4. The number of hydrogen-bond donors (Lipinski definition) is 0. The van der Waals surface area contributed by atoms with Crippen LogP contribution in [0.15, 0.2) is 21.5 Å². The molecule has 0 radical (unpaired) electrons. The molecule has 1 aliphatic heterocycles. The number of nitrogens with zero attached hydrogens (tertiary/aromatic N) is 1. The van der Waals surface area contributed by atoms with E-state index in [2.05, 4.69) is 4.99 Å². The summed E-state index contributed by atoms with van der Waals surface area (Å²) in [5.41, 5.74) is 0. The minimum Gasteiger partial charge on any atom is -0.460 e. The van der Waals surface area contributed by atoms with Gasteiger partial charge in [0.1, 0.15) is 11.5 Å². The van der Waals surface area contributed by atoms with Gasteiger partial charge in [-0.05, 0) is 25.5 Å². The first-order valence-electron chi connectivity index (χ1n) is 4.85. The zero-order valence-corrected chi connectivity index (χ0v) is 9.33. The molecule has 0 spiro atoms. The molecule has 0 aliphatic carbocycles. The van der Waals surface area contributed by atoms with E-state index in [-0.39, 0.29) is 17.5 Å². The van der Waals surface area contributed by atoms with Gasteiger partial charge in [-0.2, -0.15) is 0 Å². The van der Waals surface area contributed by atoms with Crippen molar-refractivity contribution in [3.05, 3.63) is 23.7 Å². The maximum absolute atomic E-state index is 11.2. The molecule has 1 atom stereocenters. The van der Waals surface area contributed by atoms with Crippen molar-refractivity contribution in [3.8, 4) is 0 Å². The molecule has 82 valence electrons. The van der Waals surface area contributed by atoms with Crippen LogP contribution in [0.1, 0.15) is 17.9 Å². The number of furan rings is 1. The van der Waals surface area contributed by atoms with Gasteiger partial charge < -0.3 is 4.42 Å². The molecule has 1 aromatic heterocycles. The van der Waals surface area contributed by atoms with E-state index in [1.54, 1.807) is 6.21 Å². The molecule has 0 N–H and O–H groups in total. The topological polar surface area (TPSA) is 59.6 Å². The maximum Gasteiger partial charge on any atom is 0.152 e. The van der Waals surface area contributed by atoms with E-state index in [1.165, 1.54) is 0 Å². The minimum absolute atomic E-state index is 0.0968. The van der Waals surface area contributed by atoms with E-state index >= 15 is 0 Å². The van der Waals surface area contributed by atoms with E-state index < -0.39 is 9.84 Å². The van der Waals surface area contributed by atoms with Crippen molar-refractivity contribution in [3.63, 3.8) is 0 Å². The Bertz CT molecular complexity index is 473. The van der Waals surface area contributed by atoms with Crippen LogP contribution in [0, 0.1) is 6.92 Å². The molecule has 0 unspecified atom stereocenters. The van der Waals surface area contributed by atoms with Gasteiger partial charge in [-0.25, -0.2) is 8.42 Å². The van der Waals surface area contributed by atoms with E-state index in [9.17, 15) is 8.42 Å². The summed E-state index contributed by atoms with van der Waals surface area (Å²) in [6.07, 6.45) is 2.23. The predicted octanol–water partition coefficient (Wildman–Crippen LogP) is 1.19. The number of aryl methyl sites for hydroxylation is 1. The highest BCUT2D eigenvalue weighted by molar-refractivity contribution is 7.91. The molecule has 2 rings (SSSR count). The lowest BCUT2D eigenvalue weighted by molar-refractivity contribution is 0.527. The Hall–Kier alpha value is -1.10. The van der Waals surface area contributed by atoms with E-state index in [0.717, 1.165) is 5.76 Å². The monoisotopic (exact) mass is 227 g/mol. The highest BCUT2D eigenvalue weighted by Crippen LogP contribution is 2.14. The fraction of sp³-hybridized carbons (Fsp3) is 0.500. The Kier molecular flexibility index (Phi) is 2.65. The summed E-state index contributed by atoms with van der Waals surface area (Å²) >= 11 is 0. The first-order chi connectivity index (χ1) is 7.05. The first-order valence-corrected chi connectivity index (χ1v) is 6.67. The molecule has 1 aromatic rings. The molecule has 0 bridgehead atoms. The number of hydrogen-bond acceptors (Lipinski definition) is 4. The zero-order chi connectivity index (χ0) is 10.9. The van der Waals surface area contributed by atoms with Gasteiger partial charge >= 0.3 is 0 Å². The average Bonchev–Trinajstić information content (AvgIpc) is 2.69. The Morgan fingerprint density at radius 1 is 1.53 bits per heavy atom. The van der Waals surface area contributed by atoms with E-state index in [0.29, 0.717) is 12.2 Å². The van der Waals surface area contributed by atoms with Crippen LogP contribution in [-0.2, 0) is 9.84 Å². The van der Waals surface area contributed by atoms with Gasteiger partial charge in [-0.15, -0.1) is 0 Å². The molecule has 0 saturated carbocycles. The van der Waals surface area contributed by atoms with Gasteiger partial charge in [0.25, 0.3) is 0 Å². The molecule has 1 aliphatic rings. The Balaban J connectivity index is 2.01. The second-order valence-electron chi connectivity index (χ2n) is 3.78. The summed E-state index contributed by atoms with van der Waals surface area (Å²) in [5, 5.41) is 0. The van der Waals surface area contributed by atoms with Crippen LogP contribution >= 0.6 is 0 Å². The highest BCUT2D eigenvalue weighted by Gasteiger charge is 2.26. The summed E-state index contributed by atoms with van der Waals surface area (Å²) in [7, 11) is -2.84. The van der Waals surface area contributed by atoms with Crippen LogP contribution in [0.5, 0.6) is 0 Å². The van der Waals surface area contributed by atoms with Gasteiger partial charge in [0.05, 0.1) is 23.8 Å². The van der Waals surface area contributed by atoms with Crippen molar-refractivity contribution < 1.29 is 12.8 Å². The van der Waals surface area contributed by atoms with Gasteiger partial charge in [-0.1, -0.05) is 0 Å². The third kappa shape index (κ3) is 2.68. The normalized spacial score (nSPS) is 25.0. The van der Waals surface area contributed by atoms with Crippen molar-refractivity contribution in [1.82, 2.24) is 0 Å². The van der Waals surface area contributed by atoms with Crippen LogP contribution in [0.3, 0.4) is 0 Å². The second-order valence-corrected chi connectivity index (χ2v) is 6.01. The molecule has 2 heterocycles.